The van der Waals surface area contributed by atoms with E-state index < -0.39 is 23.2 Å². The van der Waals surface area contributed by atoms with Crippen LogP contribution in [0.25, 0.3) is 0 Å². The zero-order chi connectivity index (χ0) is 23.1. The van der Waals surface area contributed by atoms with Gasteiger partial charge < -0.3 is 24.3 Å². The molecule has 1 unspecified atom stereocenters. The second kappa shape index (κ2) is 10.5. The van der Waals surface area contributed by atoms with Crippen molar-refractivity contribution in [3.8, 4) is 0 Å². The minimum Gasteiger partial charge on any atom is -0.434 e. The van der Waals surface area contributed by atoms with Crippen LogP contribution in [0.15, 0.2) is 47.2 Å². The number of hydrogen-bond donors (Lipinski definition) is 1. The molecule has 31 heavy (non-hydrogen) atoms. The summed E-state index contributed by atoms with van der Waals surface area (Å²) in [6.45, 7) is 8.97. The number of nitrogens with zero attached hydrogens (tertiary/aromatic N) is 1. The largest absolute Gasteiger partial charge is 0.513 e. The average molecular weight is 434 g/mol. The van der Waals surface area contributed by atoms with Gasteiger partial charge in [-0.3, -0.25) is 10.1 Å². The molecule has 0 amide bonds. The lowest BCUT2D eigenvalue weighted by atomic mass is 9.90. The third kappa shape index (κ3) is 6.21. The van der Waals surface area contributed by atoms with Gasteiger partial charge in [-0.05, 0) is 32.3 Å². The monoisotopic (exact) mass is 434 g/mol. The van der Waals surface area contributed by atoms with E-state index in [1.165, 1.54) is 18.2 Å². The second-order valence-electron chi connectivity index (χ2n) is 7.23. The number of non-ortho nitro benzene ring substituents is 1. The van der Waals surface area contributed by atoms with Crippen LogP contribution < -0.4 is 5.32 Å². The second-order valence-corrected chi connectivity index (χ2v) is 7.23. The Labute approximate surface area is 180 Å². The molecule has 0 aromatic heterocycles. The van der Waals surface area contributed by atoms with Crippen LogP contribution in [0.1, 0.15) is 46.1 Å². The van der Waals surface area contributed by atoms with E-state index in [0.29, 0.717) is 17.0 Å². The van der Waals surface area contributed by atoms with Crippen molar-refractivity contribution >= 4 is 18.0 Å². The SMILES string of the molecule is CCOC(=O)OC1=C(C)NC(C)=C(OC(=O)OCC(C)C)C1c1cccc([N+](=O)[O-])c1. The topological polar surface area (TPSA) is 126 Å². The summed E-state index contributed by atoms with van der Waals surface area (Å²) in [4.78, 5) is 35.0. The van der Waals surface area contributed by atoms with E-state index in [1.807, 2.05) is 13.8 Å². The molecule has 0 saturated carbocycles. The Bertz CT molecular complexity index is 920. The van der Waals surface area contributed by atoms with Gasteiger partial charge >= 0.3 is 12.3 Å². The summed E-state index contributed by atoms with van der Waals surface area (Å²) < 4.78 is 20.8. The fourth-order valence-corrected chi connectivity index (χ4v) is 2.94. The number of hydrogen-bond acceptors (Lipinski definition) is 9. The highest BCUT2D eigenvalue weighted by atomic mass is 16.7. The van der Waals surface area contributed by atoms with Gasteiger partial charge in [0, 0.05) is 12.1 Å². The summed E-state index contributed by atoms with van der Waals surface area (Å²) in [6.07, 6.45) is -1.88. The first-order chi connectivity index (χ1) is 14.6. The maximum Gasteiger partial charge on any atom is 0.513 e. The van der Waals surface area contributed by atoms with Crippen molar-refractivity contribution in [1.29, 1.82) is 0 Å². The molecule has 10 heteroatoms. The minimum atomic E-state index is -0.949. The number of dihydropyridines is 1. The molecule has 1 atom stereocenters. The highest BCUT2D eigenvalue weighted by Crippen LogP contribution is 2.40. The Morgan fingerprint density at radius 3 is 2.19 bits per heavy atom. The molecule has 10 nitrogen and oxygen atoms in total. The van der Waals surface area contributed by atoms with Gasteiger partial charge in [0.25, 0.3) is 5.69 Å². The summed E-state index contributed by atoms with van der Waals surface area (Å²) >= 11 is 0. The maximum atomic E-state index is 12.3. The highest BCUT2D eigenvalue weighted by molar-refractivity contribution is 5.65. The molecular formula is C21H26N2O8. The number of ether oxygens (including phenoxy) is 4. The molecule has 1 aliphatic heterocycles. The summed E-state index contributed by atoms with van der Waals surface area (Å²) in [5.41, 5.74) is 1.15. The molecule has 0 fully saturated rings. The third-order valence-corrected chi connectivity index (χ3v) is 4.24. The number of benzene rings is 1. The molecule has 0 spiro atoms. The fraction of sp³-hybridized carbons (Fsp3) is 0.429. The van der Waals surface area contributed by atoms with Gasteiger partial charge in [0.2, 0.25) is 0 Å². The van der Waals surface area contributed by atoms with E-state index in [0.717, 1.165) is 0 Å². The van der Waals surface area contributed by atoms with E-state index in [1.54, 1.807) is 26.8 Å². The predicted molar refractivity (Wildman–Crippen MR) is 110 cm³/mol. The van der Waals surface area contributed by atoms with Crippen LogP contribution >= 0.6 is 0 Å². The van der Waals surface area contributed by atoms with Gasteiger partial charge in [-0.25, -0.2) is 9.59 Å². The van der Waals surface area contributed by atoms with E-state index in [4.69, 9.17) is 18.9 Å². The van der Waals surface area contributed by atoms with Crippen molar-refractivity contribution in [2.45, 2.75) is 40.5 Å². The molecular weight excluding hydrogens is 408 g/mol. The van der Waals surface area contributed by atoms with Gasteiger partial charge in [-0.1, -0.05) is 26.0 Å². The lowest BCUT2D eigenvalue weighted by Gasteiger charge is -2.30. The Balaban J connectivity index is 2.49. The molecule has 1 aromatic carbocycles. The van der Waals surface area contributed by atoms with Gasteiger partial charge in [0.05, 0.1) is 29.5 Å². The van der Waals surface area contributed by atoms with Crippen molar-refractivity contribution < 1.29 is 33.5 Å². The molecule has 0 bridgehead atoms. The number of carbonyl (C=O) groups is 2. The van der Waals surface area contributed by atoms with Crippen LogP contribution in [0.5, 0.6) is 0 Å². The fourth-order valence-electron chi connectivity index (χ4n) is 2.94. The molecule has 2 rings (SSSR count). The van der Waals surface area contributed by atoms with Gasteiger partial charge in [-0.2, -0.15) is 0 Å². The molecule has 1 aromatic rings. The minimum absolute atomic E-state index is 0.0937. The Kier molecular flexibility index (Phi) is 8.00. The van der Waals surface area contributed by atoms with Crippen LogP contribution in [0.3, 0.4) is 0 Å². The maximum absolute atomic E-state index is 12.3. The normalized spacial score (nSPS) is 16.0. The molecule has 1 aliphatic rings. The molecule has 168 valence electrons. The van der Waals surface area contributed by atoms with Crippen molar-refractivity contribution in [1.82, 2.24) is 5.32 Å². The van der Waals surface area contributed by atoms with E-state index in [-0.39, 0.29) is 36.3 Å². The third-order valence-electron chi connectivity index (χ3n) is 4.24. The Morgan fingerprint density at radius 2 is 1.68 bits per heavy atom. The Morgan fingerprint density at radius 1 is 1.10 bits per heavy atom. The number of allylic oxidation sites excluding steroid dienone is 2. The molecule has 1 heterocycles. The smallest absolute Gasteiger partial charge is 0.434 e. The van der Waals surface area contributed by atoms with E-state index in [9.17, 15) is 19.7 Å². The first-order valence-corrected chi connectivity index (χ1v) is 9.76. The van der Waals surface area contributed by atoms with E-state index >= 15 is 0 Å². The number of nitro groups is 1. The van der Waals surface area contributed by atoms with Crippen LogP contribution in [0.2, 0.25) is 0 Å². The summed E-state index contributed by atoms with van der Waals surface area (Å²) in [5, 5.41) is 14.3. The van der Waals surface area contributed by atoms with Gasteiger partial charge in [0.1, 0.15) is 17.4 Å². The number of carbonyl (C=O) groups excluding carboxylic acids is 2. The van der Waals surface area contributed by atoms with Crippen LogP contribution in [0.4, 0.5) is 15.3 Å². The van der Waals surface area contributed by atoms with Crippen LogP contribution in [0, 0.1) is 16.0 Å². The Hall–Kier alpha value is -3.56. The van der Waals surface area contributed by atoms with E-state index in [2.05, 4.69) is 5.32 Å². The van der Waals surface area contributed by atoms with Crippen molar-refractivity contribution in [2.75, 3.05) is 13.2 Å². The zero-order valence-corrected chi connectivity index (χ0v) is 18.1. The quantitative estimate of drug-likeness (QED) is 0.368. The lowest BCUT2D eigenvalue weighted by molar-refractivity contribution is -0.384. The average Bonchev–Trinajstić information content (AvgIpc) is 2.70. The summed E-state index contributed by atoms with van der Waals surface area (Å²) in [5.74, 6) is -0.628. The number of nitro benzene ring substituents is 1. The molecule has 0 aliphatic carbocycles. The zero-order valence-electron chi connectivity index (χ0n) is 18.1. The highest BCUT2D eigenvalue weighted by Gasteiger charge is 2.36. The van der Waals surface area contributed by atoms with Crippen LogP contribution in [-0.4, -0.2) is 30.4 Å². The summed E-state index contributed by atoms with van der Waals surface area (Å²) in [7, 11) is 0. The first kappa shape index (κ1) is 23.7. The van der Waals surface area contributed by atoms with Crippen molar-refractivity contribution in [2.24, 2.45) is 5.92 Å². The van der Waals surface area contributed by atoms with Crippen LogP contribution in [-0.2, 0) is 18.9 Å². The lowest BCUT2D eigenvalue weighted by Crippen LogP contribution is -2.29. The standard InChI is InChI=1S/C21H26N2O8/c1-6-28-20(24)30-18-13(4)22-14(5)19(31-21(25)29-11-12(2)3)17(18)15-8-7-9-16(10-15)23(26)27/h7-10,12,17,22H,6,11H2,1-5H3. The summed E-state index contributed by atoms with van der Waals surface area (Å²) in [6, 6.07) is 5.77. The van der Waals surface area contributed by atoms with Gasteiger partial charge in [-0.15, -0.1) is 0 Å². The predicted octanol–water partition coefficient (Wildman–Crippen LogP) is 4.73. The van der Waals surface area contributed by atoms with Crippen molar-refractivity contribution in [3.05, 3.63) is 62.9 Å². The molecule has 1 N–H and O–H groups in total. The molecule has 0 radical (unpaired) electrons. The first-order valence-electron chi connectivity index (χ1n) is 9.76. The van der Waals surface area contributed by atoms with Crippen molar-refractivity contribution in [3.63, 3.8) is 0 Å². The molecule has 0 saturated heterocycles. The van der Waals surface area contributed by atoms with Gasteiger partial charge in [0.15, 0.2) is 0 Å². The number of nitrogens with one attached hydrogen (secondary N) is 1. The number of rotatable bonds is 7.